The number of allylic oxidation sites excluding steroid dienone is 2. The number of unbranched alkanes of at least 4 members (excludes halogenated alkanes) is 1. The molecule has 0 spiro atoms. The molecule has 0 saturated heterocycles. The van der Waals surface area contributed by atoms with Crippen LogP contribution in [-0.4, -0.2) is 29.7 Å². The number of hydrogen-bond acceptors (Lipinski definition) is 2. The zero-order valence-electron chi connectivity index (χ0n) is 6.74. The third-order valence-electron chi connectivity index (χ3n) is 1.74. The summed E-state index contributed by atoms with van der Waals surface area (Å²) in [5.74, 6) is 0. The Bertz CT molecular complexity index is 152. The van der Waals surface area contributed by atoms with Gasteiger partial charge in [0.2, 0.25) is 0 Å². The molecule has 1 rings (SSSR count). The summed E-state index contributed by atoms with van der Waals surface area (Å²) in [5.41, 5.74) is 0. The van der Waals surface area contributed by atoms with Gasteiger partial charge in [-0.3, -0.25) is 0 Å². The summed E-state index contributed by atoms with van der Waals surface area (Å²) in [7, 11) is 0. The molecule has 1 aliphatic rings. The van der Waals surface area contributed by atoms with Gasteiger partial charge < -0.3 is 10.0 Å². The predicted molar refractivity (Wildman–Crippen MR) is 46.2 cm³/mol. The van der Waals surface area contributed by atoms with Crippen molar-refractivity contribution in [1.29, 1.82) is 0 Å². The van der Waals surface area contributed by atoms with E-state index < -0.39 is 0 Å². The minimum absolute atomic E-state index is 0.313. The first-order chi connectivity index (χ1) is 5.43. The van der Waals surface area contributed by atoms with Gasteiger partial charge in [0.15, 0.2) is 0 Å². The van der Waals surface area contributed by atoms with Gasteiger partial charge in [-0.2, -0.15) is 0 Å². The molecule has 0 aromatic rings. The summed E-state index contributed by atoms with van der Waals surface area (Å²) in [5, 5.41) is 8.55. The molecule has 0 aromatic carbocycles. The molecule has 0 saturated carbocycles. The summed E-state index contributed by atoms with van der Waals surface area (Å²) in [6.45, 7) is 2.39. The third-order valence-corrected chi connectivity index (χ3v) is 1.74. The summed E-state index contributed by atoms with van der Waals surface area (Å²) >= 11 is 0. The molecule has 0 unspecified atom stereocenters. The van der Waals surface area contributed by atoms with Crippen molar-refractivity contribution in [2.45, 2.75) is 12.8 Å². The van der Waals surface area contributed by atoms with Crippen LogP contribution in [0.5, 0.6) is 0 Å². The van der Waals surface area contributed by atoms with Crippen LogP contribution in [-0.2, 0) is 0 Å². The number of hydrogen-bond donors (Lipinski definition) is 1. The van der Waals surface area contributed by atoms with Crippen molar-refractivity contribution in [1.82, 2.24) is 4.90 Å². The van der Waals surface area contributed by atoms with Gasteiger partial charge in [0, 0.05) is 19.7 Å². The first-order valence-corrected chi connectivity index (χ1v) is 4.12. The molecule has 11 heavy (non-hydrogen) atoms. The van der Waals surface area contributed by atoms with Crippen molar-refractivity contribution in [2.24, 2.45) is 0 Å². The molecule has 1 N–H and O–H groups in total. The number of nitrogens with zero attached hydrogens (tertiary/aromatic N) is 1. The quantitative estimate of drug-likeness (QED) is 0.612. The van der Waals surface area contributed by atoms with E-state index in [4.69, 9.17) is 5.11 Å². The molecule has 2 nitrogen and oxygen atoms in total. The molecule has 0 atom stereocenters. The molecule has 1 aliphatic heterocycles. The first-order valence-electron chi connectivity index (χ1n) is 4.12. The highest BCUT2D eigenvalue weighted by molar-refractivity contribution is 5.08. The van der Waals surface area contributed by atoms with E-state index in [-0.39, 0.29) is 0 Å². The van der Waals surface area contributed by atoms with Crippen molar-refractivity contribution in [3.05, 3.63) is 24.4 Å². The van der Waals surface area contributed by atoms with Crippen LogP contribution in [0.3, 0.4) is 0 Å². The van der Waals surface area contributed by atoms with E-state index in [0.717, 1.165) is 25.9 Å². The Balaban J connectivity index is 2.07. The Labute approximate surface area is 67.8 Å². The number of rotatable bonds is 4. The summed E-state index contributed by atoms with van der Waals surface area (Å²) < 4.78 is 0. The highest BCUT2D eigenvalue weighted by Crippen LogP contribution is 2.00. The van der Waals surface area contributed by atoms with Gasteiger partial charge in [-0.25, -0.2) is 0 Å². The monoisotopic (exact) mass is 153 g/mol. The first kappa shape index (κ1) is 8.34. The lowest BCUT2D eigenvalue weighted by atomic mass is 10.3. The van der Waals surface area contributed by atoms with Gasteiger partial charge in [0.1, 0.15) is 0 Å². The van der Waals surface area contributed by atoms with Crippen LogP contribution >= 0.6 is 0 Å². The lowest BCUT2D eigenvalue weighted by molar-refractivity contribution is 0.274. The fraction of sp³-hybridized carbons (Fsp3) is 0.556. The fourth-order valence-electron chi connectivity index (χ4n) is 1.10. The van der Waals surface area contributed by atoms with E-state index in [1.54, 1.807) is 0 Å². The minimum atomic E-state index is 0.313. The summed E-state index contributed by atoms with van der Waals surface area (Å²) in [6.07, 6.45) is 10.3. The van der Waals surface area contributed by atoms with Crippen molar-refractivity contribution in [2.75, 3.05) is 19.7 Å². The Hall–Kier alpha value is -0.760. The highest BCUT2D eigenvalue weighted by atomic mass is 16.2. The lowest BCUT2D eigenvalue weighted by Crippen LogP contribution is -2.20. The molecule has 2 heteroatoms. The average Bonchev–Trinajstić information content (AvgIpc) is 2.07. The molecule has 0 radical (unpaired) electrons. The van der Waals surface area contributed by atoms with Crippen LogP contribution < -0.4 is 0 Å². The van der Waals surface area contributed by atoms with E-state index in [9.17, 15) is 0 Å². The van der Waals surface area contributed by atoms with Crippen LogP contribution in [0.25, 0.3) is 0 Å². The van der Waals surface area contributed by atoms with Crippen LogP contribution in [0.4, 0.5) is 0 Å². The van der Waals surface area contributed by atoms with Gasteiger partial charge >= 0.3 is 0 Å². The zero-order chi connectivity index (χ0) is 7.94. The van der Waals surface area contributed by atoms with E-state index >= 15 is 0 Å². The molecule has 0 amide bonds. The molecule has 62 valence electrons. The van der Waals surface area contributed by atoms with Crippen molar-refractivity contribution >= 4 is 0 Å². The second-order valence-corrected chi connectivity index (χ2v) is 2.70. The molecule has 0 fully saturated rings. The minimum Gasteiger partial charge on any atom is -0.396 e. The highest BCUT2D eigenvalue weighted by Gasteiger charge is 1.97. The van der Waals surface area contributed by atoms with Crippen LogP contribution in [0.1, 0.15) is 12.8 Å². The summed E-state index contributed by atoms with van der Waals surface area (Å²) in [4.78, 5) is 2.25. The zero-order valence-corrected chi connectivity index (χ0v) is 6.74. The molecule has 0 aromatic heterocycles. The van der Waals surface area contributed by atoms with Crippen molar-refractivity contribution in [3.8, 4) is 0 Å². The maximum Gasteiger partial charge on any atom is 0.0431 e. The van der Waals surface area contributed by atoms with E-state index in [1.165, 1.54) is 0 Å². The topological polar surface area (TPSA) is 23.5 Å². The third kappa shape index (κ3) is 3.23. The Morgan fingerprint density at radius 3 is 2.82 bits per heavy atom. The number of aliphatic hydroxyl groups is 1. The largest absolute Gasteiger partial charge is 0.396 e. The van der Waals surface area contributed by atoms with E-state index in [2.05, 4.69) is 23.3 Å². The Morgan fingerprint density at radius 2 is 2.18 bits per heavy atom. The lowest BCUT2D eigenvalue weighted by Gasteiger charge is -2.19. The van der Waals surface area contributed by atoms with Crippen LogP contribution in [0.15, 0.2) is 24.4 Å². The van der Waals surface area contributed by atoms with Crippen molar-refractivity contribution < 1.29 is 5.11 Å². The van der Waals surface area contributed by atoms with Gasteiger partial charge in [0.25, 0.3) is 0 Å². The van der Waals surface area contributed by atoms with Crippen LogP contribution in [0, 0.1) is 0 Å². The standard InChI is InChI=1S/C9H15NO/c11-9-5-4-8-10-6-2-1-3-7-10/h1-3,6,11H,4-5,7-9H2. The molecule has 0 aliphatic carbocycles. The maximum atomic E-state index is 8.55. The van der Waals surface area contributed by atoms with E-state index in [1.807, 2.05) is 6.08 Å². The predicted octanol–water partition coefficient (Wildman–Crippen LogP) is 1.14. The molecule has 1 heterocycles. The van der Waals surface area contributed by atoms with E-state index in [0.29, 0.717) is 6.61 Å². The Kier molecular flexibility index (Phi) is 3.76. The molecule has 0 bridgehead atoms. The Morgan fingerprint density at radius 1 is 1.27 bits per heavy atom. The maximum absolute atomic E-state index is 8.55. The fourth-order valence-corrected chi connectivity index (χ4v) is 1.10. The SMILES string of the molecule is OCCCCN1C=CC=CC1. The van der Waals surface area contributed by atoms with Crippen molar-refractivity contribution in [3.63, 3.8) is 0 Å². The van der Waals surface area contributed by atoms with Crippen LogP contribution in [0.2, 0.25) is 0 Å². The van der Waals surface area contributed by atoms with Gasteiger partial charge in [-0.05, 0) is 25.1 Å². The van der Waals surface area contributed by atoms with Gasteiger partial charge in [-0.1, -0.05) is 12.2 Å². The van der Waals surface area contributed by atoms with Gasteiger partial charge in [0.05, 0.1) is 0 Å². The van der Waals surface area contributed by atoms with Gasteiger partial charge in [-0.15, -0.1) is 0 Å². The normalized spacial score (nSPS) is 15.9. The molecular formula is C9H15NO. The average molecular weight is 153 g/mol. The number of aliphatic hydroxyl groups excluding tert-OH is 1. The summed E-state index contributed by atoms with van der Waals surface area (Å²) in [6, 6.07) is 0. The molecular weight excluding hydrogens is 138 g/mol. The second-order valence-electron chi connectivity index (χ2n) is 2.70. The smallest absolute Gasteiger partial charge is 0.0431 e. The second kappa shape index (κ2) is 4.97.